The van der Waals surface area contributed by atoms with Crippen molar-refractivity contribution >= 4 is 0 Å². The minimum Gasteiger partial charge on any atom is -0.376 e. The average molecular weight is 186 g/mol. The molecule has 78 valence electrons. The number of rotatable bonds is 4. The lowest BCUT2D eigenvalue weighted by molar-refractivity contribution is -0.0414. The molecule has 1 fully saturated rings. The van der Waals surface area contributed by atoms with Gasteiger partial charge in [-0.15, -0.1) is 0 Å². The summed E-state index contributed by atoms with van der Waals surface area (Å²) in [5.74, 6) is 0. The van der Waals surface area contributed by atoms with Crippen molar-refractivity contribution in [2.45, 2.75) is 32.4 Å². The highest BCUT2D eigenvalue weighted by atomic mass is 16.5. The Labute approximate surface area is 81.4 Å². The molecule has 0 aromatic carbocycles. The van der Waals surface area contributed by atoms with Crippen molar-refractivity contribution in [3.05, 3.63) is 0 Å². The fraction of sp³-hybridized carbons (Fsp3) is 1.00. The van der Waals surface area contributed by atoms with Crippen LogP contribution in [0.5, 0.6) is 0 Å². The standard InChI is InChI=1S/C10H22N2O/c1-4-10-8-12(5-6-13-10)9(2)7-11-3/h9-11H,4-8H2,1-3H3. The zero-order valence-corrected chi connectivity index (χ0v) is 9.05. The molecule has 1 aliphatic heterocycles. The Morgan fingerprint density at radius 2 is 2.38 bits per heavy atom. The zero-order chi connectivity index (χ0) is 9.68. The third kappa shape index (κ3) is 3.25. The summed E-state index contributed by atoms with van der Waals surface area (Å²) in [6.07, 6.45) is 1.58. The number of hydrogen-bond acceptors (Lipinski definition) is 3. The molecule has 1 N–H and O–H groups in total. The Kier molecular flexibility index (Phi) is 4.70. The van der Waals surface area contributed by atoms with Gasteiger partial charge in [0.15, 0.2) is 0 Å². The highest BCUT2D eigenvalue weighted by Gasteiger charge is 2.22. The molecule has 0 amide bonds. The average Bonchev–Trinajstić information content (AvgIpc) is 2.18. The van der Waals surface area contributed by atoms with Gasteiger partial charge in [-0.1, -0.05) is 6.92 Å². The summed E-state index contributed by atoms with van der Waals surface area (Å²) in [5.41, 5.74) is 0. The number of nitrogens with zero attached hydrogens (tertiary/aromatic N) is 1. The number of likely N-dealkylation sites (N-methyl/N-ethyl adjacent to an activating group) is 1. The second-order valence-corrected chi connectivity index (χ2v) is 3.80. The number of hydrogen-bond donors (Lipinski definition) is 1. The van der Waals surface area contributed by atoms with Gasteiger partial charge in [0.25, 0.3) is 0 Å². The third-order valence-corrected chi connectivity index (χ3v) is 2.75. The lowest BCUT2D eigenvalue weighted by Crippen LogP contribution is -2.49. The summed E-state index contributed by atoms with van der Waals surface area (Å²) in [5, 5.41) is 3.22. The van der Waals surface area contributed by atoms with Crippen molar-refractivity contribution in [2.24, 2.45) is 0 Å². The van der Waals surface area contributed by atoms with Crippen molar-refractivity contribution in [1.82, 2.24) is 10.2 Å². The maximum Gasteiger partial charge on any atom is 0.0700 e. The first kappa shape index (κ1) is 11.0. The molecule has 1 aliphatic rings. The maximum absolute atomic E-state index is 5.62. The molecule has 3 nitrogen and oxygen atoms in total. The van der Waals surface area contributed by atoms with Crippen LogP contribution in [0.3, 0.4) is 0 Å². The summed E-state index contributed by atoms with van der Waals surface area (Å²) in [6.45, 7) is 8.60. The predicted octanol–water partition coefficient (Wildman–Crippen LogP) is 0.705. The van der Waals surface area contributed by atoms with E-state index in [1.165, 1.54) is 0 Å². The fourth-order valence-electron chi connectivity index (χ4n) is 1.81. The number of morpholine rings is 1. The van der Waals surface area contributed by atoms with Gasteiger partial charge in [-0.25, -0.2) is 0 Å². The van der Waals surface area contributed by atoms with Crippen molar-refractivity contribution in [3.8, 4) is 0 Å². The lowest BCUT2D eigenvalue weighted by Gasteiger charge is -2.36. The molecule has 13 heavy (non-hydrogen) atoms. The van der Waals surface area contributed by atoms with Crippen molar-refractivity contribution in [1.29, 1.82) is 0 Å². The minimum atomic E-state index is 0.452. The summed E-state index contributed by atoms with van der Waals surface area (Å²) >= 11 is 0. The molecule has 2 atom stereocenters. The first-order valence-electron chi connectivity index (χ1n) is 5.28. The third-order valence-electron chi connectivity index (χ3n) is 2.75. The molecule has 1 heterocycles. The van der Waals surface area contributed by atoms with Gasteiger partial charge in [0, 0.05) is 25.7 Å². The molecular weight excluding hydrogens is 164 g/mol. The lowest BCUT2D eigenvalue weighted by atomic mass is 10.2. The second-order valence-electron chi connectivity index (χ2n) is 3.80. The Bertz CT molecular complexity index is 141. The largest absolute Gasteiger partial charge is 0.376 e. The van der Waals surface area contributed by atoms with Crippen molar-refractivity contribution in [2.75, 3.05) is 33.3 Å². The van der Waals surface area contributed by atoms with Crippen molar-refractivity contribution in [3.63, 3.8) is 0 Å². The van der Waals surface area contributed by atoms with E-state index in [2.05, 4.69) is 24.1 Å². The second kappa shape index (κ2) is 5.58. The molecule has 0 radical (unpaired) electrons. The first-order chi connectivity index (χ1) is 6.27. The molecule has 0 aromatic heterocycles. The van der Waals surface area contributed by atoms with Gasteiger partial charge in [-0.05, 0) is 20.4 Å². The number of ether oxygens (including phenoxy) is 1. The molecule has 0 aliphatic carbocycles. The van der Waals surface area contributed by atoms with Gasteiger partial charge in [0.05, 0.1) is 12.7 Å². The van der Waals surface area contributed by atoms with E-state index in [0.29, 0.717) is 12.1 Å². The quantitative estimate of drug-likeness (QED) is 0.699. The van der Waals surface area contributed by atoms with E-state index in [1.807, 2.05) is 7.05 Å². The van der Waals surface area contributed by atoms with Gasteiger partial charge in [-0.3, -0.25) is 4.90 Å². The zero-order valence-electron chi connectivity index (χ0n) is 9.05. The molecule has 0 bridgehead atoms. The molecule has 1 rings (SSSR count). The van der Waals surface area contributed by atoms with E-state index >= 15 is 0 Å². The smallest absolute Gasteiger partial charge is 0.0700 e. The van der Waals surface area contributed by atoms with Crippen LogP contribution >= 0.6 is 0 Å². The van der Waals surface area contributed by atoms with Crippen LogP contribution in [0.1, 0.15) is 20.3 Å². The van der Waals surface area contributed by atoms with Crippen LogP contribution in [0.2, 0.25) is 0 Å². The fourth-order valence-corrected chi connectivity index (χ4v) is 1.81. The van der Waals surface area contributed by atoms with Gasteiger partial charge in [0.2, 0.25) is 0 Å². The van der Waals surface area contributed by atoms with Crippen LogP contribution in [0.4, 0.5) is 0 Å². The van der Waals surface area contributed by atoms with Crippen molar-refractivity contribution < 1.29 is 4.74 Å². The Morgan fingerprint density at radius 1 is 1.62 bits per heavy atom. The minimum absolute atomic E-state index is 0.452. The van der Waals surface area contributed by atoms with Gasteiger partial charge < -0.3 is 10.1 Å². The molecule has 0 spiro atoms. The molecule has 1 saturated heterocycles. The van der Waals surface area contributed by atoms with E-state index in [0.717, 1.165) is 32.7 Å². The van der Waals surface area contributed by atoms with E-state index in [4.69, 9.17) is 4.74 Å². The highest BCUT2D eigenvalue weighted by molar-refractivity contribution is 4.76. The van der Waals surface area contributed by atoms with Crippen LogP contribution in [0.15, 0.2) is 0 Å². The van der Waals surface area contributed by atoms with E-state index in [-0.39, 0.29) is 0 Å². The van der Waals surface area contributed by atoms with E-state index in [9.17, 15) is 0 Å². The Hall–Kier alpha value is -0.120. The molecule has 2 unspecified atom stereocenters. The summed E-state index contributed by atoms with van der Waals surface area (Å²) < 4.78 is 5.62. The maximum atomic E-state index is 5.62. The monoisotopic (exact) mass is 186 g/mol. The van der Waals surface area contributed by atoms with E-state index < -0.39 is 0 Å². The topological polar surface area (TPSA) is 24.5 Å². The predicted molar refractivity (Wildman–Crippen MR) is 55.0 cm³/mol. The molecule has 0 aromatic rings. The van der Waals surface area contributed by atoms with Gasteiger partial charge >= 0.3 is 0 Å². The molecule has 3 heteroatoms. The molecular formula is C10H22N2O. The SMILES string of the molecule is CCC1CN(C(C)CNC)CCO1. The van der Waals surface area contributed by atoms with Crippen LogP contribution in [0, 0.1) is 0 Å². The summed E-state index contributed by atoms with van der Waals surface area (Å²) in [6, 6.07) is 0.628. The van der Waals surface area contributed by atoms with E-state index in [1.54, 1.807) is 0 Å². The number of nitrogens with one attached hydrogen (secondary N) is 1. The van der Waals surface area contributed by atoms with Gasteiger partial charge in [-0.2, -0.15) is 0 Å². The highest BCUT2D eigenvalue weighted by Crippen LogP contribution is 2.10. The van der Waals surface area contributed by atoms with Crippen LogP contribution in [-0.2, 0) is 4.74 Å². The van der Waals surface area contributed by atoms with Crippen LogP contribution < -0.4 is 5.32 Å². The van der Waals surface area contributed by atoms with Crippen LogP contribution in [-0.4, -0.2) is 50.3 Å². The van der Waals surface area contributed by atoms with Crippen LogP contribution in [0.25, 0.3) is 0 Å². The summed E-state index contributed by atoms with van der Waals surface area (Å²) in [7, 11) is 2.01. The van der Waals surface area contributed by atoms with Gasteiger partial charge in [0.1, 0.15) is 0 Å². The Balaban J connectivity index is 2.32. The Morgan fingerprint density at radius 3 is 3.00 bits per heavy atom. The first-order valence-corrected chi connectivity index (χ1v) is 5.28. The normalized spacial score (nSPS) is 27.5. The molecule has 0 saturated carbocycles. The summed E-state index contributed by atoms with van der Waals surface area (Å²) in [4.78, 5) is 2.51.